The second-order valence-electron chi connectivity index (χ2n) is 7.14. The minimum absolute atomic E-state index is 0.0515. The molecular weight excluding hydrogens is 379 g/mol. The number of nitrogens with one attached hydrogen (secondary N) is 2. The molecule has 1 atom stereocenters. The Labute approximate surface area is 158 Å². The van der Waals surface area contributed by atoms with Crippen molar-refractivity contribution in [2.24, 2.45) is 5.92 Å². The second-order valence-corrected chi connectivity index (χ2v) is 7.14. The highest BCUT2D eigenvalue weighted by Gasteiger charge is 2.38. The summed E-state index contributed by atoms with van der Waals surface area (Å²) in [5.41, 5.74) is 0.700. The number of rotatable bonds is 3. The second kappa shape index (κ2) is 8.29. The molecule has 1 saturated heterocycles. The number of carboxylic acids is 1. The topological polar surface area (TPSA) is 113 Å². The SMILES string of the molecule is O=C(O)C(F)(F)F.O=c1[nH]c(CC2CCC2)nc2c1cnn2C1CCCNC1. The van der Waals surface area contributed by atoms with Crippen LogP contribution in [0.5, 0.6) is 0 Å². The van der Waals surface area contributed by atoms with Gasteiger partial charge in [0.1, 0.15) is 11.2 Å². The standard InChI is InChI=1S/C15H21N5O.C2HF3O2/c21-15-12-9-17-20(11-5-2-6-16-8-11)14(12)18-13(19-15)7-10-3-1-4-10;3-2(4,5)1(6)7/h9-11,16H,1-8H2,(H,18,19,21);(H,6,7). The lowest BCUT2D eigenvalue weighted by Crippen LogP contribution is -2.32. The molecule has 3 heterocycles. The van der Waals surface area contributed by atoms with E-state index >= 15 is 0 Å². The van der Waals surface area contributed by atoms with E-state index in [9.17, 15) is 18.0 Å². The van der Waals surface area contributed by atoms with Crippen LogP contribution in [0.4, 0.5) is 13.2 Å². The number of aliphatic carboxylic acids is 1. The number of halogens is 3. The minimum Gasteiger partial charge on any atom is -0.475 e. The molecule has 8 nitrogen and oxygen atoms in total. The molecule has 2 aromatic heterocycles. The Morgan fingerprint density at radius 1 is 1.29 bits per heavy atom. The van der Waals surface area contributed by atoms with E-state index in [4.69, 9.17) is 14.9 Å². The largest absolute Gasteiger partial charge is 0.490 e. The molecule has 11 heteroatoms. The molecule has 154 valence electrons. The first-order chi connectivity index (χ1) is 13.3. The fourth-order valence-corrected chi connectivity index (χ4v) is 3.36. The Kier molecular flexibility index (Phi) is 6.01. The van der Waals surface area contributed by atoms with E-state index < -0.39 is 12.1 Å². The average molecular weight is 401 g/mol. The summed E-state index contributed by atoms with van der Waals surface area (Å²) < 4.78 is 33.7. The van der Waals surface area contributed by atoms with Gasteiger partial charge in [-0.1, -0.05) is 19.3 Å². The van der Waals surface area contributed by atoms with Gasteiger partial charge >= 0.3 is 12.1 Å². The highest BCUT2D eigenvalue weighted by Crippen LogP contribution is 2.29. The number of hydrogen-bond acceptors (Lipinski definition) is 5. The molecule has 4 rings (SSSR count). The lowest BCUT2D eigenvalue weighted by Gasteiger charge is -2.25. The molecule has 0 bridgehead atoms. The molecule has 0 aromatic carbocycles. The van der Waals surface area contributed by atoms with Crippen molar-refractivity contribution in [3.05, 3.63) is 22.4 Å². The molecule has 1 unspecified atom stereocenters. The summed E-state index contributed by atoms with van der Waals surface area (Å²) in [6.07, 6.45) is 3.52. The van der Waals surface area contributed by atoms with Crippen LogP contribution in [0.2, 0.25) is 0 Å². The predicted molar refractivity (Wildman–Crippen MR) is 94.0 cm³/mol. The van der Waals surface area contributed by atoms with Crippen LogP contribution in [0.15, 0.2) is 11.0 Å². The van der Waals surface area contributed by atoms with E-state index in [0.29, 0.717) is 17.3 Å². The number of H-pyrrole nitrogens is 1. The van der Waals surface area contributed by atoms with E-state index in [1.54, 1.807) is 6.20 Å². The maximum Gasteiger partial charge on any atom is 0.490 e. The van der Waals surface area contributed by atoms with Gasteiger partial charge in [0.15, 0.2) is 5.65 Å². The third-order valence-electron chi connectivity index (χ3n) is 5.08. The van der Waals surface area contributed by atoms with Gasteiger partial charge in [0.25, 0.3) is 5.56 Å². The average Bonchev–Trinajstić information content (AvgIpc) is 3.03. The molecular formula is C17H22F3N5O3. The smallest absolute Gasteiger partial charge is 0.475 e. The van der Waals surface area contributed by atoms with Gasteiger partial charge < -0.3 is 15.4 Å². The molecule has 0 amide bonds. The maximum atomic E-state index is 12.2. The highest BCUT2D eigenvalue weighted by atomic mass is 19.4. The van der Waals surface area contributed by atoms with Gasteiger partial charge in [-0.3, -0.25) is 4.79 Å². The highest BCUT2D eigenvalue weighted by molar-refractivity contribution is 5.73. The summed E-state index contributed by atoms with van der Waals surface area (Å²) in [6, 6.07) is 0.308. The Balaban J connectivity index is 0.000000279. The number of nitrogens with zero attached hydrogens (tertiary/aromatic N) is 3. The molecule has 28 heavy (non-hydrogen) atoms. The lowest BCUT2D eigenvalue weighted by molar-refractivity contribution is -0.192. The first-order valence-corrected chi connectivity index (χ1v) is 9.23. The van der Waals surface area contributed by atoms with Crippen molar-refractivity contribution in [3.63, 3.8) is 0 Å². The number of fused-ring (bicyclic) bond motifs is 1. The van der Waals surface area contributed by atoms with Crippen molar-refractivity contribution in [1.82, 2.24) is 25.1 Å². The zero-order valence-electron chi connectivity index (χ0n) is 15.1. The van der Waals surface area contributed by atoms with Crippen molar-refractivity contribution in [1.29, 1.82) is 0 Å². The normalized spacial score (nSPS) is 20.3. The van der Waals surface area contributed by atoms with Crippen LogP contribution in [-0.4, -0.2) is 50.1 Å². The first-order valence-electron chi connectivity index (χ1n) is 9.23. The summed E-state index contributed by atoms with van der Waals surface area (Å²) in [6.45, 7) is 1.97. The Bertz CT molecular complexity index is 882. The van der Waals surface area contributed by atoms with Crippen LogP contribution >= 0.6 is 0 Å². The lowest BCUT2D eigenvalue weighted by atomic mass is 9.83. The van der Waals surface area contributed by atoms with E-state index in [-0.39, 0.29) is 5.56 Å². The van der Waals surface area contributed by atoms with Crippen molar-refractivity contribution in [3.8, 4) is 0 Å². The summed E-state index contributed by atoms with van der Waals surface area (Å²) in [7, 11) is 0. The predicted octanol–water partition coefficient (Wildman–Crippen LogP) is 2.02. The van der Waals surface area contributed by atoms with Gasteiger partial charge in [-0.25, -0.2) is 14.5 Å². The number of alkyl halides is 3. The Morgan fingerprint density at radius 2 is 2.00 bits per heavy atom. The zero-order valence-corrected chi connectivity index (χ0v) is 15.1. The third kappa shape index (κ3) is 4.70. The fourth-order valence-electron chi connectivity index (χ4n) is 3.36. The minimum atomic E-state index is -5.08. The Morgan fingerprint density at radius 3 is 2.54 bits per heavy atom. The third-order valence-corrected chi connectivity index (χ3v) is 5.08. The first kappa shape index (κ1) is 20.3. The molecule has 1 aliphatic carbocycles. The van der Waals surface area contributed by atoms with Crippen LogP contribution < -0.4 is 10.9 Å². The van der Waals surface area contributed by atoms with Gasteiger partial charge in [-0.2, -0.15) is 18.3 Å². The number of carbonyl (C=O) groups is 1. The monoisotopic (exact) mass is 401 g/mol. The van der Waals surface area contributed by atoms with E-state index in [1.807, 2.05) is 4.68 Å². The van der Waals surface area contributed by atoms with Crippen LogP contribution in [0.25, 0.3) is 11.0 Å². The van der Waals surface area contributed by atoms with Crippen LogP contribution in [0.3, 0.4) is 0 Å². The summed E-state index contributed by atoms with van der Waals surface area (Å²) in [5, 5.41) is 15.6. The molecule has 1 saturated carbocycles. The van der Waals surface area contributed by atoms with Gasteiger partial charge in [0.2, 0.25) is 0 Å². The molecule has 0 spiro atoms. The van der Waals surface area contributed by atoms with Gasteiger partial charge in [0, 0.05) is 13.0 Å². The fraction of sp³-hybridized carbons (Fsp3) is 0.647. The number of aromatic amines is 1. The summed E-state index contributed by atoms with van der Waals surface area (Å²) in [4.78, 5) is 28.8. The number of piperidine rings is 1. The maximum absolute atomic E-state index is 12.2. The Hall–Kier alpha value is -2.43. The molecule has 2 aromatic rings. The quantitative estimate of drug-likeness (QED) is 0.725. The van der Waals surface area contributed by atoms with Gasteiger partial charge in [-0.15, -0.1) is 0 Å². The van der Waals surface area contributed by atoms with Crippen LogP contribution in [0, 0.1) is 5.92 Å². The molecule has 3 N–H and O–H groups in total. The van der Waals surface area contributed by atoms with E-state index in [2.05, 4.69) is 15.4 Å². The number of aromatic nitrogens is 4. The summed E-state index contributed by atoms with van der Waals surface area (Å²) in [5.74, 6) is -1.24. The molecule has 0 radical (unpaired) electrons. The van der Waals surface area contributed by atoms with Crippen molar-refractivity contribution in [2.75, 3.05) is 13.1 Å². The van der Waals surface area contributed by atoms with Gasteiger partial charge in [-0.05, 0) is 25.3 Å². The number of hydrogen-bond donors (Lipinski definition) is 3. The van der Waals surface area contributed by atoms with Crippen molar-refractivity contribution < 1.29 is 23.1 Å². The molecule has 2 fully saturated rings. The zero-order chi connectivity index (χ0) is 20.3. The van der Waals surface area contributed by atoms with Crippen molar-refractivity contribution >= 4 is 17.0 Å². The van der Waals surface area contributed by atoms with Crippen LogP contribution in [0.1, 0.15) is 44.0 Å². The van der Waals surface area contributed by atoms with Crippen LogP contribution in [-0.2, 0) is 11.2 Å². The van der Waals surface area contributed by atoms with Gasteiger partial charge in [0.05, 0.1) is 12.2 Å². The summed E-state index contributed by atoms with van der Waals surface area (Å²) >= 11 is 0. The van der Waals surface area contributed by atoms with Crippen molar-refractivity contribution in [2.45, 2.75) is 50.7 Å². The van der Waals surface area contributed by atoms with E-state index in [0.717, 1.165) is 43.8 Å². The number of carboxylic acid groups (broad SMARTS) is 1. The molecule has 2 aliphatic rings. The van der Waals surface area contributed by atoms with E-state index in [1.165, 1.54) is 19.3 Å². The molecule has 1 aliphatic heterocycles.